The molecule has 0 aromatic rings. The Labute approximate surface area is 104 Å². The summed E-state index contributed by atoms with van der Waals surface area (Å²) in [7, 11) is 3.69. The minimum Gasteiger partial charge on any atom is -0.375 e. The summed E-state index contributed by atoms with van der Waals surface area (Å²) in [5.74, 6) is -0.0296. The zero-order chi connectivity index (χ0) is 12.7. The lowest BCUT2D eigenvalue weighted by molar-refractivity contribution is -0.124. The van der Waals surface area contributed by atoms with Gasteiger partial charge in [-0.15, -0.1) is 0 Å². The van der Waals surface area contributed by atoms with Gasteiger partial charge in [-0.25, -0.2) is 0 Å². The molecule has 0 aromatic carbocycles. The molecule has 1 aliphatic rings. The summed E-state index contributed by atoms with van der Waals surface area (Å²) in [6, 6.07) is 0.534. The third kappa shape index (κ3) is 5.48. The second-order valence-electron chi connectivity index (χ2n) is 4.76. The quantitative estimate of drug-likeness (QED) is 0.700. The third-order valence-electron chi connectivity index (χ3n) is 3.32. The van der Waals surface area contributed by atoms with Crippen LogP contribution in [0.3, 0.4) is 0 Å². The summed E-state index contributed by atoms with van der Waals surface area (Å²) in [6.45, 7) is 7.65. The Kier molecular flexibility index (Phi) is 6.47. The van der Waals surface area contributed by atoms with Gasteiger partial charge in [0, 0.05) is 45.9 Å². The number of carbonyl (C=O) groups excluding carboxylic acids is 1. The molecule has 1 atom stereocenters. The Morgan fingerprint density at radius 3 is 2.59 bits per heavy atom. The predicted octanol–water partition coefficient (Wildman–Crippen LogP) is -0.225. The van der Waals surface area contributed by atoms with Crippen molar-refractivity contribution in [3.8, 4) is 0 Å². The van der Waals surface area contributed by atoms with E-state index in [1.165, 1.54) is 7.11 Å². The lowest BCUT2D eigenvalue weighted by atomic mass is 10.1. The number of ether oxygens (including phenoxy) is 1. The molecular weight excluding hydrogens is 218 g/mol. The monoisotopic (exact) mass is 243 g/mol. The first-order chi connectivity index (χ1) is 8.13. The van der Waals surface area contributed by atoms with Crippen molar-refractivity contribution < 1.29 is 9.53 Å². The molecule has 0 radical (unpaired) electrons. The van der Waals surface area contributed by atoms with E-state index in [2.05, 4.69) is 29.1 Å². The van der Waals surface area contributed by atoms with E-state index in [-0.39, 0.29) is 12.5 Å². The van der Waals surface area contributed by atoms with Gasteiger partial charge in [0.05, 0.1) is 0 Å². The minimum atomic E-state index is -0.0296. The number of methoxy groups -OCH3 is 1. The Balaban J connectivity index is 2.12. The lowest BCUT2D eigenvalue weighted by Gasteiger charge is -2.36. The molecule has 0 saturated carbocycles. The zero-order valence-electron chi connectivity index (χ0n) is 11.2. The van der Waals surface area contributed by atoms with Crippen LogP contribution in [0.2, 0.25) is 0 Å². The number of amides is 1. The molecule has 1 unspecified atom stereocenters. The van der Waals surface area contributed by atoms with E-state index in [0.29, 0.717) is 6.04 Å². The van der Waals surface area contributed by atoms with Crippen molar-refractivity contribution in [1.82, 2.24) is 15.1 Å². The highest BCUT2D eigenvalue weighted by atomic mass is 16.5. The Morgan fingerprint density at radius 2 is 2.00 bits per heavy atom. The topological polar surface area (TPSA) is 44.8 Å². The van der Waals surface area contributed by atoms with Crippen LogP contribution in [0.5, 0.6) is 0 Å². The molecule has 17 heavy (non-hydrogen) atoms. The van der Waals surface area contributed by atoms with Gasteiger partial charge in [0.1, 0.15) is 6.61 Å². The lowest BCUT2D eigenvalue weighted by Crippen LogP contribution is -2.48. The first-order valence-electron chi connectivity index (χ1n) is 6.31. The molecule has 5 heteroatoms. The number of hydrogen-bond donors (Lipinski definition) is 1. The number of nitrogens with one attached hydrogen (secondary N) is 1. The fourth-order valence-electron chi connectivity index (χ4n) is 2.05. The van der Waals surface area contributed by atoms with Crippen LogP contribution in [-0.4, -0.2) is 75.2 Å². The molecule has 1 heterocycles. The fourth-order valence-corrected chi connectivity index (χ4v) is 2.05. The van der Waals surface area contributed by atoms with Gasteiger partial charge in [-0.3, -0.25) is 9.69 Å². The summed E-state index contributed by atoms with van der Waals surface area (Å²) in [5, 5.41) is 2.86. The number of carbonyl (C=O) groups is 1. The smallest absolute Gasteiger partial charge is 0.245 e. The van der Waals surface area contributed by atoms with Crippen LogP contribution >= 0.6 is 0 Å². The maximum Gasteiger partial charge on any atom is 0.245 e. The number of piperazine rings is 1. The highest BCUT2D eigenvalue weighted by Crippen LogP contribution is 2.07. The van der Waals surface area contributed by atoms with Crippen molar-refractivity contribution in [1.29, 1.82) is 0 Å². The normalized spacial score (nSPS) is 20.2. The van der Waals surface area contributed by atoms with E-state index in [1.807, 2.05) is 0 Å². The van der Waals surface area contributed by atoms with E-state index in [1.54, 1.807) is 0 Å². The molecule has 0 aliphatic carbocycles. The molecule has 1 rings (SSSR count). The maximum atomic E-state index is 11.2. The van der Waals surface area contributed by atoms with E-state index >= 15 is 0 Å². The van der Waals surface area contributed by atoms with Gasteiger partial charge >= 0.3 is 0 Å². The van der Waals surface area contributed by atoms with Gasteiger partial charge in [-0.05, 0) is 20.4 Å². The Bertz CT molecular complexity index is 228. The molecule has 0 aromatic heterocycles. The number of likely N-dealkylation sites (N-methyl/N-ethyl adjacent to an activating group) is 1. The molecule has 0 spiro atoms. The molecule has 1 fully saturated rings. The maximum absolute atomic E-state index is 11.2. The van der Waals surface area contributed by atoms with E-state index in [0.717, 1.165) is 39.1 Å². The van der Waals surface area contributed by atoms with Crippen molar-refractivity contribution in [2.24, 2.45) is 0 Å². The molecule has 1 saturated heterocycles. The van der Waals surface area contributed by atoms with Crippen LogP contribution in [0.4, 0.5) is 0 Å². The summed E-state index contributed by atoms with van der Waals surface area (Å²) in [5.41, 5.74) is 0. The summed E-state index contributed by atoms with van der Waals surface area (Å²) < 4.78 is 4.76. The highest BCUT2D eigenvalue weighted by Gasteiger charge is 2.18. The van der Waals surface area contributed by atoms with Crippen LogP contribution < -0.4 is 5.32 Å². The minimum absolute atomic E-state index is 0.0296. The Hall–Kier alpha value is -0.650. The second kappa shape index (κ2) is 7.63. The second-order valence-corrected chi connectivity index (χ2v) is 4.76. The fraction of sp³-hybridized carbons (Fsp3) is 0.917. The standard InChI is InChI=1S/C12H25N3O2/c1-11(4-5-13-12(16)10-17-3)15-8-6-14(2)7-9-15/h11H,4-10H2,1-3H3,(H,13,16). The van der Waals surface area contributed by atoms with Gasteiger partial charge in [0.15, 0.2) is 0 Å². The van der Waals surface area contributed by atoms with Crippen LogP contribution in [0.1, 0.15) is 13.3 Å². The first-order valence-corrected chi connectivity index (χ1v) is 6.31. The van der Waals surface area contributed by atoms with Gasteiger partial charge in [-0.1, -0.05) is 0 Å². The summed E-state index contributed by atoms with van der Waals surface area (Å²) in [6.07, 6.45) is 0.999. The van der Waals surface area contributed by atoms with E-state index in [9.17, 15) is 4.79 Å². The molecule has 1 aliphatic heterocycles. The van der Waals surface area contributed by atoms with Crippen molar-refractivity contribution >= 4 is 5.91 Å². The predicted molar refractivity (Wildman–Crippen MR) is 68.0 cm³/mol. The summed E-state index contributed by atoms with van der Waals surface area (Å²) in [4.78, 5) is 16.0. The third-order valence-corrected chi connectivity index (χ3v) is 3.32. The average molecular weight is 243 g/mol. The SMILES string of the molecule is COCC(=O)NCCC(C)N1CCN(C)CC1. The molecular formula is C12H25N3O2. The van der Waals surface area contributed by atoms with Gasteiger partial charge < -0.3 is 15.0 Å². The van der Waals surface area contributed by atoms with Crippen LogP contribution in [0.15, 0.2) is 0 Å². The first kappa shape index (κ1) is 14.4. The van der Waals surface area contributed by atoms with Crippen molar-refractivity contribution in [3.63, 3.8) is 0 Å². The van der Waals surface area contributed by atoms with Crippen LogP contribution in [-0.2, 0) is 9.53 Å². The van der Waals surface area contributed by atoms with Crippen molar-refractivity contribution in [2.45, 2.75) is 19.4 Å². The average Bonchev–Trinajstić information content (AvgIpc) is 2.30. The van der Waals surface area contributed by atoms with Gasteiger partial charge in [0.2, 0.25) is 5.91 Å². The molecule has 100 valence electrons. The number of rotatable bonds is 6. The molecule has 0 bridgehead atoms. The Morgan fingerprint density at radius 1 is 1.35 bits per heavy atom. The van der Waals surface area contributed by atoms with Gasteiger partial charge in [-0.2, -0.15) is 0 Å². The van der Waals surface area contributed by atoms with E-state index < -0.39 is 0 Å². The van der Waals surface area contributed by atoms with Crippen molar-refractivity contribution in [2.75, 3.05) is 53.5 Å². The highest BCUT2D eigenvalue weighted by molar-refractivity contribution is 5.77. The molecule has 1 amide bonds. The van der Waals surface area contributed by atoms with Gasteiger partial charge in [0.25, 0.3) is 0 Å². The largest absolute Gasteiger partial charge is 0.375 e. The number of nitrogens with zero attached hydrogens (tertiary/aromatic N) is 2. The van der Waals surface area contributed by atoms with Crippen LogP contribution in [0.25, 0.3) is 0 Å². The number of hydrogen-bond acceptors (Lipinski definition) is 4. The van der Waals surface area contributed by atoms with Crippen LogP contribution in [0, 0.1) is 0 Å². The van der Waals surface area contributed by atoms with E-state index in [4.69, 9.17) is 4.74 Å². The summed E-state index contributed by atoms with van der Waals surface area (Å²) >= 11 is 0. The zero-order valence-corrected chi connectivity index (χ0v) is 11.2. The van der Waals surface area contributed by atoms with Crippen molar-refractivity contribution in [3.05, 3.63) is 0 Å². The molecule has 5 nitrogen and oxygen atoms in total. The molecule has 1 N–H and O–H groups in total.